The van der Waals surface area contributed by atoms with Crippen LogP contribution in [0.25, 0.3) is 0 Å². The van der Waals surface area contributed by atoms with E-state index in [-0.39, 0.29) is 11.6 Å². The molecule has 1 aromatic rings. The maximum absolute atomic E-state index is 6.44. The molecule has 3 nitrogen and oxygen atoms in total. The molecule has 0 aliphatic carbocycles. The number of halogens is 1. The van der Waals surface area contributed by atoms with E-state index >= 15 is 0 Å². The van der Waals surface area contributed by atoms with Crippen LogP contribution in [0.5, 0.6) is 11.5 Å². The summed E-state index contributed by atoms with van der Waals surface area (Å²) >= 11 is 6.44. The number of ether oxygens (including phenoxy) is 2. The van der Waals surface area contributed by atoms with Gasteiger partial charge in [0, 0.05) is 16.1 Å². The second-order valence-electron chi connectivity index (χ2n) is 5.48. The molecule has 1 heterocycles. The fraction of sp³-hybridized carbons (Fsp3) is 0.600. The van der Waals surface area contributed by atoms with Gasteiger partial charge in [-0.05, 0) is 52.3 Å². The minimum Gasteiger partial charge on any atom is -0.493 e. The van der Waals surface area contributed by atoms with E-state index in [1.165, 1.54) is 0 Å². The van der Waals surface area contributed by atoms with Crippen molar-refractivity contribution in [3.63, 3.8) is 0 Å². The third-order valence-electron chi connectivity index (χ3n) is 3.56. The van der Waals surface area contributed by atoms with Crippen LogP contribution in [0.15, 0.2) is 12.1 Å². The quantitative estimate of drug-likeness (QED) is 0.913. The maximum atomic E-state index is 6.44. The molecule has 1 aliphatic rings. The van der Waals surface area contributed by atoms with E-state index in [2.05, 4.69) is 12.2 Å². The third kappa shape index (κ3) is 2.82. The fourth-order valence-electron chi connectivity index (χ4n) is 2.68. The van der Waals surface area contributed by atoms with Crippen LogP contribution in [-0.4, -0.2) is 19.8 Å². The van der Waals surface area contributed by atoms with Crippen LogP contribution < -0.4 is 14.8 Å². The number of methoxy groups -OCH3 is 1. The Balaban J connectivity index is 2.55. The monoisotopic (exact) mass is 283 g/mol. The van der Waals surface area contributed by atoms with Crippen molar-refractivity contribution in [1.82, 2.24) is 5.32 Å². The Hall–Kier alpha value is -0.930. The maximum Gasteiger partial charge on any atom is 0.168 e. The highest BCUT2D eigenvalue weighted by atomic mass is 35.5. The average molecular weight is 284 g/mol. The van der Waals surface area contributed by atoms with Crippen molar-refractivity contribution in [2.45, 2.75) is 45.3 Å². The molecular weight excluding hydrogens is 262 g/mol. The minimum absolute atomic E-state index is 0.0797. The number of nitrogens with one attached hydrogen (secondary N) is 1. The van der Waals surface area contributed by atoms with Crippen molar-refractivity contribution < 1.29 is 9.47 Å². The normalized spacial score (nSPS) is 22.8. The van der Waals surface area contributed by atoms with Crippen LogP contribution in [0.3, 0.4) is 0 Å². The van der Waals surface area contributed by atoms with E-state index in [1.807, 2.05) is 26.0 Å². The summed E-state index contributed by atoms with van der Waals surface area (Å²) < 4.78 is 11.4. The summed E-state index contributed by atoms with van der Waals surface area (Å²) in [5.41, 5.74) is 0.871. The molecule has 0 radical (unpaired) electrons. The molecule has 1 saturated heterocycles. The van der Waals surface area contributed by atoms with E-state index in [1.54, 1.807) is 7.11 Å². The van der Waals surface area contributed by atoms with Gasteiger partial charge in [-0.3, -0.25) is 0 Å². The van der Waals surface area contributed by atoms with E-state index < -0.39 is 0 Å². The second-order valence-corrected chi connectivity index (χ2v) is 5.89. The van der Waals surface area contributed by atoms with Gasteiger partial charge in [-0.15, -0.1) is 0 Å². The van der Waals surface area contributed by atoms with Crippen molar-refractivity contribution in [2.75, 3.05) is 13.7 Å². The number of benzene rings is 1. The van der Waals surface area contributed by atoms with Gasteiger partial charge < -0.3 is 14.8 Å². The zero-order valence-corrected chi connectivity index (χ0v) is 12.8. The van der Waals surface area contributed by atoms with Crippen molar-refractivity contribution in [1.29, 1.82) is 0 Å². The first-order chi connectivity index (χ1) is 8.98. The smallest absolute Gasteiger partial charge is 0.168 e. The Labute approximate surface area is 120 Å². The molecule has 1 unspecified atom stereocenters. The van der Waals surface area contributed by atoms with Gasteiger partial charge in [0.1, 0.15) is 0 Å². The Morgan fingerprint density at radius 3 is 2.63 bits per heavy atom. The summed E-state index contributed by atoms with van der Waals surface area (Å²) in [5.74, 6) is 1.50. The molecule has 1 N–H and O–H groups in total. The molecule has 0 amide bonds. The summed E-state index contributed by atoms with van der Waals surface area (Å²) in [7, 11) is 1.66. The highest BCUT2D eigenvalue weighted by molar-refractivity contribution is 6.31. The standard InChI is InChI=1S/C15H22ClNO2/c1-10(2)19-14-12(18-4)7-6-11(16)13(14)15(3)8-5-9-17-15/h6-7,10,17H,5,8-9H2,1-4H3. The van der Waals surface area contributed by atoms with Gasteiger partial charge in [-0.25, -0.2) is 0 Å². The van der Waals surface area contributed by atoms with Crippen LogP contribution in [-0.2, 0) is 5.54 Å². The zero-order chi connectivity index (χ0) is 14.0. The Bertz CT molecular complexity index is 454. The Kier molecular flexibility index (Phi) is 4.26. The Morgan fingerprint density at radius 1 is 1.37 bits per heavy atom. The molecular formula is C15H22ClNO2. The lowest BCUT2D eigenvalue weighted by atomic mass is 9.89. The highest BCUT2D eigenvalue weighted by Gasteiger charge is 2.36. The predicted molar refractivity (Wildman–Crippen MR) is 78.4 cm³/mol. The van der Waals surface area contributed by atoms with Crippen molar-refractivity contribution in [2.24, 2.45) is 0 Å². The lowest BCUT2D eigenvalue weighted by Crippen LogP contribution is -2.34. The third-order valence-corrected chi connectivity index (χ3v) is 3.88. The lowest BCUT2D eigenvalue weighted by Gasteiger charge is -2.30. The van der Waals surface area contributed by atoms with E-state index in [0.29, 0.717) is 0 Å². The molecule has 1 fully saturated rings. The molecule has 4 heteroatoms. The largest absolute Gasteiger partial charge is 0.493 e. The molecule has 1 aromatic carbocycles. The van der Waals surface area contributed by atoms with E-state index in [9.17, 15) is 0 Å². The van der Waals surface area contributed by atoms with Crippen molar-refractivity contribution in [3.05, 3.63) is 22.7 Å². The van der Waals surface area contributed by atoms with Gasteiger partial charge in [0.05, 0.1) is 13.2 Å². The summed E-state index contributed by atoms with van der Waals surface area (Å²) in [6.45, 7) is 7.20. The zero-order valence-electron chi connectivity index (χ0n) is 12.0. The van der Waals surface area contributed by atoms with Gasteiger partial charge in [0.15, 0.2) is 11.5 Å². The summed E-state index contributed by atoms with van der Waals surface area (Å²) in [4.78, 5) is 0. The molecule has 106 valence electrons. The summed E-state index contributed by atoms with van der Waals surface area (Å²) in [5, 5.41) is 4.27. The summed E-state index contributed by atoms with van der Waals surface area (Å²) in [6.07, 6.45) is 2.27. The molecule has 1 atom stereocenters. The van der Waals surface area contributed by atoms with Gasteiger partial charge in [-0.2, -0.15) is 0 Å². The number of rotatable bonds is 4. The molecule has 1 aliphatic heterocycles. The van der Waals surface area contributed by atoms with Crippen LogP contribution >= 0.6 is 11.6 Å². The van der Waals surface area contributed by atoms with Crippen molar-refractivity contribution in [3.8, 4) is 11.5 Å². The first-order valence-electron chi connectivity index (χ1n) is 6.76. The lowest BCUT2D eigenvalue weighted by molar-refractivity contribution is 0.221. The van der Waals surface area contributed by atoms with Gasteiger partial charge in [0.25, 0.3) is 0 Å². The number of hydrogen-bond acceptors (Lipinski definition) is 3. The summed E-state index contributed by atoms with van der Waals surface area (Å²) in [6, 6.07) is 3.75. The van der Waals surface area contributed by atoms with Gasteiger partial charge in [0.2, 0.25) is 0 Å². The van der Waals surface area contributed by atoms with Crippen LogP contribution in [0.2, 0.25) is 5.02 Å². The van der Waals surface area contributed by atoms with E-state index in [4.69, 9.17) is 21.1 Å². The molecule has 0 aromatic heterocycles. The first kappa shape index (κ1) is 14.5. The molecule has 0 bridgehead atoms. The van der Waals surface area contributed by atoms with Crippen LogP contribution in [0.1, 0.15) is 39.2 Å². The van der Waals surface area contributed by atoms with E-state index in [0.717, 1.165) is 41.5 Å². The van der Waals surface area contributed by atoms with Gasteiger partial charge in [-0.1, -0.05) is 11.6 Å². The molecule has 0 spiro atoms. The number of hydrogen-bond donors (Lipinski definition) is 1. The van der Waals surface area contributed by atoms with Crippen molar-refractivity contribution >= 4 is 11.6 Å². The van der Waals surface area contributed by atoms with Gasteiger partial charge >= 0.3 is 0 Å². The second kappa shape index (κ2) is 5.59. The minimum atomic E-state index is -0.143. The van der Waals surface area contributed by atoms with Crippen LogP contribution in [0.4, 0.5) is 0 Å². The Morgan fingerprint density at radius 2 is 2.11 bits per heavy atom. The average Bonchev–Trinajstić information content (AvgIpc) is 2.76. The van der Waals surface area contributed by atoms with Crippen LogP contribution in [0, 0.1) is 0 Å². The predicted octanol–water partition coefficient (Wildman–Crippen LogP) is 3.73. The molecule has 0 saturated carbocycles. The highest BCUT2D eigenvalue weighted by Crippen LogP contribution is 2.45. The fourth-order valence-corrected chi connectivity index (χ4v) is 3.03. The molecule has 19 heavy (non-hydrogen) atoms. The molecule has 2 rings (SSSR count). The SMILES string of the molecule is COc1ccc(Cl)c(C2(C)CCCN2)c1OC(C)C. The first-order valence-corrected chi connectivity index (χ1v) is 7.14. The topological polar surface area (TPSA) is 30.5 Å².